The molecule has 49 heavy (non-hydrogen) atoms. The lowest BCUT2D eigenvalue weighted by Crippen LogP contribution is -1.98. The fraction of sp³-hybridized carbons (Fsp3) is 0.0208. The SMILES string of the molecule is C1=CC(c2ccccc2)=CC(c2ccc(-n3c4ccccc4c4c5ccccc5c5c(c43)Cc3ccccc3-5)cc2)=CC=1c1ccccc1. The zero-order valence-electron chi connectivity index (χ0n) is 26.9. The summed E-state index contributed by atoms with van der Waals surface area (Å²) in [5.41, 5.74) is 19.8. The van der Waals surface area contributed by atoms with Crippen LogP contribution < -0.4 is 0 Å². The Balaban J connectivity index is 1.18. The molecule has 8 aromatic rings. The van der Waals surface area contributed by atoms with Gasteiger partial charge < -0.3 is 4.57 Å². The van der Waals surface area contributed by atoms with E-state index < -0.39 is 0 Å². The smallest absolute Gasteiger partial charge is 0.0589 e. The third-order valence-electron chi connectivity index (χ3n) is 10.2. The van der Waals surface area contributed by atoms with E-state index in [9.17, 15) is 0 Å². The lowest BCUT2D eigenvalue weighted by molar-refractivity contribution is 1.15. The number of benzene rings is 7. The molecule has 228 valence electrons. The van der Waals surface area contributed by atoms with Crippen LogP contribution in [0.1, 0.15) is 27.8 Å². The number of para-hydroxylation sites is 1. The molecule has 0 atom stereocenters. The average molecular weight is 622 g/mol. The molecule has 1 nitrogen and oxygen atoms in total. The van der Waals surface area contributed by atoms with Crippen LogP contribution in [0.2, 0.25) is 0 Å². The van der Waals surface area contributed by atoms with E-state index in [2.05, 4.69) is 186 Å². The molecule has 1 heterocycles. The van der Waals surface area contributed by atoms with Crippen molar-refractivity contribution in [2.45, 2.75) is 6.42 Å². The van der Waals surface area contributed by atoms with Crippen molar-refractivity contribution in [1.29, 1.82) is 0 Å². The molecule has 1 aromatic heterocycles. The topological polar surface area (TPSA) is 4.93 Å². The van der Waals surface area contributed by atoms with Gasteiger partial charge in [0.1, 0.15) is 0 Å². The van der Waals surface area contributed by atoms with Gasteiger partial charge in [-0.05, 0) is 97.3 Å². The van der Waals surface area contributed by atoms with Crippen LogP contribution in [0.4, 0.5) is 0 Å². The number of nitrogens with zero attached hydrogens (tertiary/aromatic N) is 1. The van der Waals surface area contributed by atoms with Crippen molar-refractivity contribution >= 4 is 49.3 Å². The molecule has 2 aliphatic carbocycles. The highest BCUT2D eigenvalue weighted by Gasteiger charge is 2.28. The van der Waals surface area contributed by atoms with E-state index >= 15 is 0 Å². The Bertz CT molecular complexity index is 2730. The largest absolute Gasteiger partial charge is 0.309 e. The normalized spacial score (nSPS) is 13.6. The number of hydrogen-bond donors (Lipinski definition) is 0. The second-order valence-electron chi connectivity index (χ2n) is 13.0. The minimum Gasteiger partial charge on any atom is -0.309 e. The molecule has 0 N–H and O–H groups in total. The Kier molecular flexibility index (Phi) is 6.27. The van der Waals surface area contributed by atoms with Crippen molar-refractivity contribution in [2.75, 3.05) is 0 Å². The predicted octanol–water partition coefficient (Wildman–Crippen LogP) is 12.2. The van der Waals surface area contributed by atoms with E-state index in [0.29, 0.717) is 0 Å². The third kappa shape index (κ3) is 4.41. The van der Waals surface area contributed by atoms with Gasteiger partial charge in [-0.3, -0.25) is 0 Å². The fourth-order valence-corrected chi connectivity index (χ4v) is 8.01. The maximum atomic E-state index is 3.61. The van der Waals surface area contributed by atoms with Crippen LogP contribution in [0.3, 0.4) is 0 Å². The summed E-state index contributed by atoms with van der Waals surface area (Å²) in [5.74, 6) is 0. The number of allylic oxidation sites excluding steroid dienone is 5. The van der Waals surface area contributed by atoms with Gasteiger partial charge in [0.15, 0.2) is 0 Å². The third-order valence-corrected chi connectivity index (χ3v) is 10.2. The molecule has 0 bridgehead atoms. The van der Waals surface area contributed by atoms with Crippen molar-refractivity contribution in [2.24, 2.45) is 0 Å². The molecule has 2 aliphatic rings. The van der Waals surface area contributed by atoms with E-state index in [4.69, 9.17) is 0 Å². The lowest BCUT2D eigenvalue weighted by atomic mass is 9.94. The van der Waals surface area contributed by atoms with E-state index in [0.717, 1.165) is 28.7 Å². The van der Waals surface area contributed by atoms with Gasteiger partial charge in [0.05, 0.1) is 11.0 Å². The molecule has 0 saturated carbocycles. The van der Waals surface area contributed by atoms with Crippen molar-refractivity contribution < 1.29 is 0 Å². The zero-order valence-corrected chi connectivity index (χ0v) is 26.9. The highest BCUT2D eigenvalue weighted by atomic mass is 15.0. The van der Waals surface area contributed by atoms with E-state index in [1.165, 1.54) is 71.6 Å². The molecule has 10 rings (SSSR count). The van der Waals surface area contributed by atoms with E-state index in [1.807, 2.05) is 0 Å². The summed E-state index contributed by atoms with van der Waals surface area (Å²) < 4.78 is 2.51. The molecule has 0 saturated heterocycles. The molecule has 1 heteroatoms. The molecule has 0 amide bonds. The van der Waals surface area contributed by atoms with Gasteiger partial charge in [-0.25, -0.2) is 0 Å². The van der Waals surface area contributed by atoms with Crippen molar-refractivity contribution in [3.8, 4) is 16.8 Å². The Morgan fingerprint density at radius 1 is 0.490 bits per heavy atom. The Labute approximate surface area is 285 Å². The summed E-state index contributed by atoms with van der Waals surface area (Å²) in [4.78, 5) is 0. The summed E-state index contributed by atoms with van der Waals surface area (Å²) in [6, 6.07) is 57.1. The first-order chi connectivity index (χ1) is 24.3. The van der Waals surface area contributed by atoms with Crippen molar-refractivity contribution in [1.82, 2.24) is 4.57 Å². The number of fused-ring (bicyclic) bond motifs is 10. The Morgan fingerprint density at radius 2 is 1.12 bits per heavy atom. The molecule has 0 spiro atoms. The van der Waals surface area contributed by atoms with Crippen LogP contribution in [0.5, 0.6) is 0 Å². The van der Waals surface area contributed by atoms with Crippen LogP contribution in [0, 0.1) is 0 Å². The second kappa shape index (κ2) is 11.1. The van der Waals surface area contributed by atoms with Crippen LogP contribution in [-0.4, -0.2) is 4.57 Å². The molecule has 0 radical (unpaired) electrons. The van der Waals surface area contributed by atoms with Gasteiger partial charge in [0, 0.05) is 28.5 Å². The minimum absolute atomic E-state index is 0.933. The molecular formula is C48H31N. The average Bonchev–Trinajstić information content (AvgIpc) is 3.64. The lowest BCUT2D eigenvalue weighted by Gasteiger charge is -2.14. The zero-order chi connectivity index (χ0) is 32.3. The van der Waals surface area contributed by atoms with Crippen LogP contribution in [0.15, 0.2) is 182 Å². The maximum Gasteiger partial charge on any atom is 0.0589 e. The second-order valence-corrected chi connectivity index (χ2v) is 13.0. The molecule has 0 aliphatic heterocycles. The minimum atomic E-state index is 0.933. The van der Waals surface area contributed by atoms with Crippen molar-refractivity contribution in [3.05, 3.63) is 210 Å². The summed E-state index contributed by atoms with van der Waals surface area (Å²) in [6.07, 6.45) is 7.62. The first-order valence-corrected chi connectivity index (χ1v) is 17.0. The van der Waals surface area contributed by atoms with Crippen molar-refractivity contribution in [3.63, 3.8) is 0 Å². The summed E-state index contributed by atoms with van der Waals surface area (Å²) in [5, 5.41) is 5.29. The quantitative estimate of drug-likeness (QED) is 0.172. The predicted molar refractivity (Wildman–Crippen MR) is 207 cm³/mol. The summed E-state index contributed by atoms with van der Waals surface area (Å²) in [6.45, 7) is 0. The highest BCUT2D eigenvalue weighted by Crippen LogP contribution is 2.49. The first kappa shape index (κ1) is 27.7. The fourth-order valence-electron chi connectivity index (χ4n) is 8.01. The van der Waals surface area contributed by atoms with E-state index in [-0.39, 0.29) is 0 Å². The van der Waals surface area contributed by atoms with Gasteiger partial charge in [-0.15, -0.1) is 5.73 Å². The molecule has 0 unspecified atom stereocenters. The van der Waals surface area contributed by atoms with Gasteiger partial charge in [-0.2, -0.15) is 0 Å². The highest BCUT2D eigenvalue weighted by molar-refractivity contribution is 6.26. The number of rotatable bonds is 4. The first-order valence-electron chi connectivity index (χ1n) is 17.0. The Hall–Kier alpha value is -6.40. The van der Waals surface area contributed by atoms with Crippen LogP contribution in [-0.2, 0) is 6.42 Å². The van der Waals surface area contributed by atoms with Gasteiger partial charge in [0.2, 0.25) is 0 Å². The maximum absolute atomic E-state index is 3.61. The molecule has 0 fully saturated rings. The van der Waals surface area contributed by atoms with Gasteiger partial charge in [-0.1, -0.05) is 140 Å². The number of aromatic nitrogens is 1. The van der Waals surface area contributed by atoms with Crippen LogP contribution >= 0.6 is 0 Å². The molecular weight excluding hydrogens is 591 g/mol. The van der Waals surface area contributed by atoms with E-state index in [1.54, 1.807) is 0 Å². The summed E-state index contributed by atoms with van der Waals surface area (Å²) in [7, 11) is 0. The van der Waals surface area contributed by atoms with Gasteiger partial charge in [0.25, 0.3) is 0 Å². The Morgan fingerprint density at radius 3 is 1.92 bits per heavy atom. The van der Waals surface area contributed by atoms with Gasteiger partial charge >= 0.3 is 0 Å². The monoisotopic (exact) mass is 621 g/mol. The molecule has 7 aromatic carbocycles. The van der Waals surface area contributed by atoms with Crippen LogP contribution in [0.25, 0.3) is 66.1 Å². The number of hydrogen-bond acceptors (Lipinski definition) is 0. The standard InChI is InChI=1S/C48H31N/c1-3-13-32(14-4-1)35-23-24-36(33-15-5-2-6-16-33)30-38(29-35)34-25-27-39(28-26-34)49-45-22-12-11-21-43(45)47-42-20-10-9-19-41(42)46-40-18-8-7-17-37(40)31-44(46)48(47)49/h1-23,25-30H,31H2. The summed E-state index contributed by atoms with van der Waals surface area (Å²) >= 11 is 0.